The van der Waals surface area contributed by atoms with Crippen LogP contribution in [0.5, 0.6) is 5.75 Å². The Morgan fingerprint density at radius 3 is 3.00 bits per heavy atom. The Hall–Kier alpha value is -3.07. The molecule has 116 valence electrons. The molecule has 3 rings (SSSR count). The minimum absolute atomic E-state index is 0.0340. The second-order valence-corrected chi connectivity index (χ2v) is 5.10. The normalized spacial score (nSPS) is 13.0. The van der Waals surface area contributed by atoms with Gasteiger partial charge in [0.1, 0.15) is 23.3 Å². The highest BCUT2D eigenvalue weighted by Crippen LogP contribution is 2.31. The first-order valence-electron chi connectivity index (χ1n) is 7.41. The van der Waals surface area contributed by atoms with Crippen LogP contribution in [0.15, 0.2) is 42.5 Å². The number of anilines is 2. The van der Waals surface area contributed by atoms with Crippen molar-refractivity contribution in [2.45, 2.75) is 6.42 Å². The maximum Gasteiger partial charge on any atom is 0.265 e. The monoisotopic (exact) mass is 308 g/mol. The molecule has 1 aliphatic rings. The van der Waals surface area contributed by atoms with Gasteiger partial charge in [0, 0.05) is 13.1 Å². The predicted molar refractivity (Wildman–Crippen MR) is 86.3 cm³/mol. The van der Waals surface area contributed by atoms with E-state index in [1.54, 1.807) is 17.0 Å². The van der Waals surface area contributed by atoms with Crippen molar-refractivity contribution in [2.24, 2.45) is 0 Å². The predicted octanol–water partition coefficient (Wildman–Crippen LogP) is 2.18. The summed E-state index contributed by atoms with van der Waals surface area (Å²) in [7, 11) is 0. The summed E-state index contributed by atoms with van der Waals surface area (Å²) in [5, 5.41) is 12.0. The number of amides is 1. The van der Waals surface area contributed by atoms with E-state index >= 15 is 0 Å². The Morgan fingerprint density at radius 2 is 2.13 bits per heavy atom. The first-order chi connectivity index (χ1) is 11.3. The van der Waals surface area contributed by atoms with Crippen molar-refractivity contribution >= 4 is 17.4 Å². The Balaban J connectivity index is 1.56. The summed E-state index contributed by atoms with van der Waals surface area (Å²) in [6, 6.07) is 14.8. The minimum Gasteiger partial charge on any atom is -0.482 e. The maximum atomic E-state index is 12.0. The molecule has 0 fully saturated rings. The second-order valence-electron chi connectivity index (χ2n) is 5.10. The fourth-order valence-electron chi connectivity index (χ4n) is 2.45. The van der Waals surface area contributed by atoms with Gasteiger partial charge in [-0.25, -0.2) is 4.98 Å². The van der Waals surface area contributed by atoms with E-state index in [4.69, 9.17) is 10.00 Å². The fourth-order valence-corrected chi connectivity index (χ4v) is 2.45. The first kappa shape index (κ1) is 14.9. The number of ether oxygens (including phenoxy) is 1. The van der Waals surface area contributed by atoms with Gasteiger partial charge in [0.05, 0.1) is 5.69 Å². The van der Waals surface area contributed by atoms with Gasteiger partial charge in [0.15, 0.2) is 6.61 Å². The number of fused-ring (bicyclic) bond motifs is 1. The molecule has 23 heavy (non-hydrogen) atoms. The zero-order chi connectivity index (χ0) is 16.1. The molecule has 6 nitrogen and oxygen atoms in total. The van der Waals surface area contributed by atoms with Gasteiger partial charge in [-0.05, 0) is 30.7 Å². The summed E-state index contributed by atoms with van der Waals surface area (Å²) < 4.78 is 5.42. The topological polar surface area (TPSA) is 78.2 Å². The van der Waals surface area contributed by atoms with Gasteiger partial charge >= 0.3 is 0 Å². The standard InChI is InChI=1S/C17H16N4O2/c18-11-13-5-3-8-16(20-13)19-9-4-10-21-14-6-1-2-7-15(14)23-12-17(21)22/h1-3,5-8H,4,9-10,12H2,(H,19,20). The van der Waals surface area contributed by atoms with E-state index in [0.29, 0.717) is 24.6 Å². The molecule has 1 aliphatic heterocycles. The number of aromatic nitrogens is 1. The van der Waals surface area contributed by atoms with Gasteiger partial charge in [0.25, 0.3) is 5.91 Å². The number of nitrogens with one attached hydrogen (secondary N) is 1. The number of nitrogens with zero attached hydrogens (tertiary/aromatic N) is 3. The molecule has 0 saturated carbocycles. The fraction of sp³-hybridized carbons (Fsp3) is 0.235. The zero-order valence-electron chi connectivity index (χ0n) is 12.5. The Kier molecular flexibility index (Phi) is 4.39. The van der Waals surface area contributed by atoms with Gasteiger partial charge in [-0.2, -0.15) is 5.26 Å². The highest BCUT2D eigenvalue weighted by atomic mass is 16.5. The maximum absolute atomic E-state index is 12.0. The minimum atomic E-state index is -0.0340. The van der Waals surface area contributed by atoms with Gasteiger partial charge in [0.2, 0.25) is 0 Å². The molecule has 0 bridgehead atoms. The van der Waals surface area contributed by atoms with Gasteiger partial charge in [-0.15, -0.1) is 0 Å². The van der Waals surface area contributed by atoms with Crippen LogP contribution in [0, 0.1) is 11.3 Å². The van der Waals surface area contributed by atoms with Crippen LogP contribution in [0.25, 0.3) is 0 Å². The van der Waals surface area contributed by atoms with E-state index in [1.165, 1.54) is 0 Å². The number of hydrogen-bond acceptors (Lipinski definition) is 5. The van der Waals surface area contributed by atoms with Crippen molar-refractivity contribution in [3.8, 4) is 11.8 Å². The Morgan fingerprint density at radius 1 is 1.26 bits per heavy atom. The highest BCUT2D eigenvalue weighted by molar-refractivity contribution is 5.97. The van der Waals surface area contributed by atoms with Crippen LogP contribution in [0.1, 0.15) is 12.1 Å². The molecule has 2 aromatic rings. The Labute approximate surface area is 134 Å². The Bertz CT molecular complexity index is 754. The van der Waals surface area contributed by atoms with Crippen LogP contribution in [-0.4, -0.2) is 30.6 Å². The lowest BCUT2D eigenvalue weighted by molar-refractivity contribution is -0.121. The molecule has 1 amide bonds. The third-order valence-corrected chi connectivity index (χ3v) is 3.54. The third-order valence-electron chi connectivity index (χ3n) is 3.54. The lowest BCUT2D eigenvalue weighted by atomic mass is 10.2. The number of carbonyl (C=O) groups excluding carboxylic acids is 1. The lowest BCUT2D eigenvalue weighted by Gasteiger charge is -2.29. The van der Waals surface area contributed by atoms with Crippen LogP contribution in [0.4, 0.5) is 11.5 Å². The first-order valence-corrected chi connectivity index (χ1v) is 7.41. The van der Waals surface area contributed by atoms with Crippen LogP contribution in [-0.2, 0) is 4.79 Å². The molecule has 0 radical (unpaired) electrons. The molecule has 0 aliphatic carbocycles. The number of pyridine rings is 1. The molecule has 0 spiro atoms. The average molecular weight is 308 g/mol. The smallest absolute Gasteiger partial charge is 0.265 e. The molecule has 0 unspecified atom stereocenters. The highest BCUT2D eigenvalue weighted by Gasteiger charge is 2.24. The van der Waals surface area contributed by atoms with E-state index in [1.807, 2.05) is 36.4 Å². The van der Waals surface area contributed by atoms with Crippen molar-refractivity contribution in [1.82, 2.24) is 4.98 Å². The number of para-hydroxylation sites is 2. The molecule has 1 aromatic heterocycles. The van der Waals surface area contributed by atoms with E-state index < -0.39 is 0 Å². The number of hydrogen-bond donors (Lipinski definition) is 1. The molecule has 1 N–H and O–H groups in total. The summed E-state index contributed by atoms with van der Waals surface area (Å²) >= 11 is 0. The van der Waals surface area contributed by atoms with Crippen molar-refractivity contribution in [3.63, 3.8) is 0 Å². The van der Waals surface area contributed by atoms with E-state index in [-0.39, 0.29) is 12.5 Å². The quantitative estimate of drug-likeness (QED) is 0.857. The summed E-state index contributed by atoms with van der Waals surface area (Å²) in [5.41, 5.74) is 1.20. The zero-order valence-corrected chi connectivity index (χ0v) is 12.5. The van der Waals surface area contributed by atoms with Crippen molar-refractivity contribution in [1.29, 1.82) is 5.26 Å². The van der Waals surface area contributed by atoms with E-state index in [2.05, 4.69) is 10.3 Å². The number of benzene rings is 1. The molecular weight excluding hydrogens is 292 g/mol. The molecule has 6 heteroatoms. The lowest BCUT2D eigenvalue weighted by Crippen LogP contribution is -2.39. The number of carbonyl (C=O) groups is 1. The average Bonchev–Trinajstić information content (AvgIpc) is 2.60. The summed E-state index contributed by atoms with van der Waals surface area (Å²) in [6.07, 6.45) is 0.762. The van der Waals surface area contributed by atoms with Crippen LogP contribution in [0.3, 0.4) is 0 Å². The van der Waals surface area contributed by atoms with Crippen molar-refractivity contribution in [2.75, 3.05) is 29.9 Å². The van der Waals surface area contributed by atoms with Crippen molar-refractivity contribution < 1.29 is 9.53 Å². The van der Waals surface area contributed by atoms with Crippen LogP contribution in [0.2, 0.25) is 0 Å². The van der Waals surface area contributed by atoms with Crippen molar-refractivity contribution in [3.05, 3.63) is 48.2 Å². The largest absolute Gasteiger partial charge is 0.482 e. The van der Waals surface area contributed by atoms with Gasteiger partial charge < -0.3 is 15.0 Å². The number of rotatable bonds is 5. The summed E-state index contributed by atoms with van der Waals surface area (Å²) in [5.74, 6) is 1.37. The number of nitriles is 1. The third kappa shape index (κ3) is 3.40. The summed E-state index contributed by atoms with van der Waals surface area (Å²) in [4.78, 5) is 17.9. The molecule has 0 atom stereocenters. The molecular formula is C17H16N4O2. The van der Waals surface area contributed by atoms with Crippen LogP contribution < -0.4 is 15.0 Å². The van der Waals surface area contributed by atoms with E-state index in [9.17, 15) is 4.79 Å². The molecule has 0 saturated heterocycles. The summed E-state index contributed by atoms with van der Waals surface area (Å²) in [6.45, 7) is 1.34. The van der Waals surface area contributed by atoms with E-state index in [0.717, 1.165) is 17.9 Å². The SMILES string of the molecule is N#Cc1cccc(NCCCN2C(=O)COc3ccccc32)n1. The van der Waals surface area contributed by atoms with Crippen LogP contribution >= 0.6 is 0 Å². The van der Waals surface area contributed by atoms with Gasteiger partial charge in [-0.3, -0.25) is 4.79 Å². The van der Waals surface area contributed by atoms with Gasteiger partial charge in [-0.1, -0.05) is 18.2 Å². The second kappa shape index (κ2) is 6.79. The molecule has 1 aromatic carbocycles. The molecule has 2 heterocycles.